The Morgan fingerprint density at radius 1 is 1.27 bits per heavy atom. The van der Waals surface area contributed by atoms with Crippen molar-refractivity contribution in [3.05, 3.63) is 6.92 Å². The Bertz CT molecular complexity index is 200. The van der Waals surface area contributed by atoms with E-state index in [1.54, 1.807) is 6.92 Å². The summed E-state index contributed by atoms with van der Waals surface area (Å²) in [6.07, 6.45) is 1.34. The molecule has 0 N–H and O–H groups in total. The molecular weight excluding hydrogens is 160 g/mol. The molecule has 0 saturated heterocycles. The number of rotatable bonds is 4. The highest BCUT2D eigenvalue weighted by molar-refractivity contribution is 7.92. The van der Waals surface area contributed by atoms with Crippen LogP contribution in [0.25, 0.3) is 0 Å². The Morgan fingerprint density at radius 3 is 1.73 bits per heavy atom. The van der Waals surface area contributed by atoms with E-state index in [-0.39, 0.29) is 5.75 Å². The largest absolute Gasteiger partial charge is 0.228 e. The molecule has 0 heterocycles. The Labute approximate surface area is 69.9 Å². The maximum absolute atomic E-state index is 11.4. The van der Waals surface area contributed by atoms with Crippen molar-refractivity contribution in [1.82, 2.24) is 0 Å². The smallest absolute Gasteiger partial charge is 0.155 e. The summed E-state index contributed by atoms with van der Waals surface area (Å²) in [6, 6.07) is 0. The van der Waals surface area contributed by atoms with E-state index >= 15 is 0 Å². The predicted molar refractivity (Wildman–Crippen MR) is 48.1 cm³/mol. The highest BCUT2D eigenvalue weighted by Gasteiger charge is 2.33. The van der Waals surface area contributed by atoms with Crippen LogP contribution in [0.2, 0.25) is 0 Å². The van der Waals surface area contributed by atoms with Gasteiger partial charge in [0.2, 0.25) is 0 Å². The minimum atomic E-state index is -2.97. The van der Waals surface area contributed by atoms with Gasteiger partial charge in [0.05, 0.1) is 10.5 Å². The topological polar surface area (TPSA) is 34.1 Å². The number of hydrogen-bond donors (Lipinski definition) is 0. The van der Waals surface area contributed by atoms with Gasteiger partial charge in [-0.3, -0.25) is 0 Å². The molecule has 0 saturated carbocycles. The van der Waals surface area contributed by atoms with Crippen molar-refractivity contribution in [2.75, 3.05) is 5.75 Å². The van der Waals surface area contributed by atoms with Gasteiger partial charge in [-0.05, 0) is 26.7 Å². The minimum absolute atomic E-state index is 0.00514. The molecule has 0 aliphatic heterocycles. The summed E-state index contributed by atoms with van der Waals surface area (Å²) in [5.41, 5.74) is 0. The van der Waals surface area contributed by atoms with Gasteiger partial charge in [-0.15, -0.1) is 0 Å². The van der Waals surface area contributed by atoms with Crippen LogP contribution in [-0.2, 0) is 9.84 Å². The summed E-state index contributed by atoms with van der Waals surface area (Å²) in [4.78, 5) is 0. The summed E-state index contributed by atoms with van der Waals surface area (Å²) >= 11 is 0. The molecule has 3 heteroatoms. The normalized spacial score (nSPS) is 13.5. The average molecular weight is 177 g/mol. The van der Waals surface area contributed by atoms with Crippen LogP contribution >= 0.6 is 0 Å². The highest BCUT2D eigenvalue weighted by Crippen LogP contribution is 2.25. The summed E-state index contributed by atoms with van der Waals surface area (Å²) in [7, 11) is -2.97. The molecule has 0 aromatic carbocycles. The van der Waals surface area contributed by atoms with Crippen molar-refractivity contribution in [3.63, 3.8) is 0 Å². The lowest BCUT2D eigenvalue weighted by Gasteiger charge is -2.25. The molecule has 0 atom stereocenters. The zero-order chi connectivity index (χ0) is 9.12. The fourth-order valence-electron chi connectivity index (χ4n) is 0.936. The lowest BCUT2D eigenvalue weighted by Crippen LogP contribution is -2.35. The van der Waals surface area contributed by atoms with Gasteiger partial charge in [0.15, 0.2) is 9.84 Å². The average Bonchev–Trinajstić information content (AvgIpc) is 2.02. The van der Waals surface area contributed by atoms with E-state index in [0.717, 1.165) is 0 Å². The Balaban J connectivity index is 4.78. The molecule has 2 nitrogen and oxygen atoms in total. The Kier molecular flexibility index (Phi) is 3.55. The molecule has 1 radical (unpaired) electrons. The van der Waals surface area contributed by atoms with Crippen molar-refractivity contribution in [2.45, 2.75) is 38.4 Å². The van der Waals surface area contributed by atoms with E-state index in [2.05, 4.69) is 6.92 Å². The Hall–Kier alpha value is -0.0500. The standard InChI is InChI=1S/C8H17O2S/c1-5-8(4,6-2)11(9,10)7-3/h3,5-7H2,1-2,4H3. The molecule has 0 spiro atoms. The second-order valence-electron chi connectivity index (χ2n) is 2.98. The molecule has 0 amide bonds. The van der Waals surface area contributed by atoms with E-state index < -0.39 is 14.6 Å². The third-order valence-electron chi connectivity index (χ3n) is 2.52. The lowest BCUT2D eigenvalue weighted by molar-refractivity contribution is 0.509. The molecule has 0 fully saturated rings. The molecule has 0 bridgehead atoms. The third kappa shape index (κ3) is 1.95. The molecule has 0 unspecified atom stereocenters. The zero-order valence-electron chi connectivity index (χ0n) is 7.55. The van der Waals surface area contributed by atoms with Gasteiger partial charge in [-0.25, -0.2) is 8.42 Å². The van der Waals surface area contributed by atoms with Crippen molar-refractivity contribution in [1.29, 1.82) is 0 Å². The fraction of sp³-hybridized carbons (Fsp3) is 0.875. The molecule has 0 aromatic rings. The molecule has 0 aromatic heterocycles. The van der Waals surface area contributed by atoms with Crippen molar-refractivity contribution >= 4 is 9.84 Å². The molecule has 67 valence electrons. The lowest BCUT2D eigenvalue weighted by atomic mass is 10.1. The van der Waals surface area contributed by atoms with Crippen LogP contribution in [-0.4, -0.2) is 18.9 Å². The van der Waals surface area contributed by atoms with Gasteiger partial charge in [0.25, 0.3) is 0 Å². The number of sulfone groups is 1. The van der Waals surface area contributed by atoms with Crippen LogP contribution < -0.4 is 0 Å². The molecular formula is C8H17O2S. The van der Waals surface area contributed by atoms with E-state index in [1.807, 2.05) is 13.8 Å². The summed E-state index contributed by atoms with van der Waals surface area (Å²) in [6.45, 7) is 9.02. The van der Waals surface area contributed by atoms with E-state index in [4.69, 9.17) is 0 Å². The molecule has 11 heavy (non-hydrogen) atoms. The van der Waals surface area contributed by atoms with Gasteiger partial charge in [0, 0.05) is 0 Å². The zero-order valence-corrected chi connectivity index (χ0v) is 8.37. The second-order valence-corrected chi connectivity index (χ2v) is 5.60. The molecule has 0 rings (SSSR count). The maximum Gasteiger partial charge on any atom is 0.155 e. The summed E-state index contributed by atoms with van der Waals surface area (Å²) < 4.78 is 22.3. The summed E-state index contributed by atoms with van der Waals surface area (Å²) in [5.74, 6) is 0.00514. The van der Waals surface area contributed by atoms with Crippen LogP contribution in [0.1, 0.15) is 33.6 Å². The number of hydrogen-bond acceptors (Lipinski definition) is 2. The Morgan fingerprint density at radius 2 is 1.64 bits per heavy atom. The van der Waals surface area contributed by atoms with Gasteiger partial charge >= 0.3 is 0 Å². The van der Waals surface area contributed by atoms with Gasteiger partial charge in [0.1, 0.15) is 0 Å². The highest BCUT2D eigenvalue weighted by atomic mass is 32.2. The van der Waals surface area contributed by atoms with Crippen molar-refractivity contribution in [2.24, 2.45) is 0 Å². The van der Waals surface area contributed by atoms with E-state index in [0.29, 0.717) is 12.8 Å². The first-order valence-electron chi connectivity index (χ1n) is 3.95. The van der Waals surface area contributed by atoms with Crippen LogP contribution in [0.15, 0.2) is 0 Å². The predicted octanol–water partition coefficient (Wildman–Crippen LogP) is 1.81. The minimum Gasteiger partial charge on any atom is -0.228 e. The van der Waals surface area contributed by atoms with E-state index in [9.17, 15) is 8.42 Å². The van der Waals surface area contributed by atoms with E-state index in [1.165, 1.54) is 0 Å². The van der Waals surface area contributed by atoms with Crippen LogP contribution in [0, 0.1) is 6.92 Å². The van der Waals surface area contributed by atoms with Crippen LogP contribution in [0.3, 0.4) is 0 Å². The molecule has 0 aliphatic carbocycles. The van der Waals surface area contributed by atoms with Gasteiger partial charge in [-0.2, -0.15) is 0 Å². The first-order chi connectivity index (χ1) is 4.93. The van der Waals surface area contributed by atoms with Crippen LogP contribution in [0.4, 0.5) is 0 Å². The first kappa shape index (κ1) is 11.0. The SMILES string of the molecule is [CH2]CS(=O)(=O)C(C)(CC)CC. The monoisotopic (exact) mass is 177 g/mol. The van der Waals surface area contributed by atoms with Crippen LogP contribution in [0.5, 0.6) is 0 Å². The first-order valence-corrected chi connectivity index (χ1v) is 5.60. The van der Waals surface area contributed by atoms with Crippen molar-refractivity contribution in [3.8, 4) is 0 Å². The quantitative estimate of drug-likeness (QED) is 0.656. The third-order valence-corrected chi connectivity index (χ3v) is 5.13. The van der Waals surface area contributed by atoms with Gasteiger partial charge < -0.3 is 0 Å². The van der Waals surface area contributed by atoms with Gasteiger partial charge in [-0.1, -0.05) is 13.8 Å². The fourth-order valence-corrected chi connectivity index (χ4v) is 2.31. The molecule has 0 aliphatic rings. The summed E-state index contributed by atoms with van der Waals surface area (Å²) in [5, 5.41) is 0. The van der Waals surface area contributed by atoms with Crippen molar-refractivity contribution < 1.29 is 8.42 Å². The second kappa shape index (κ2) is 3.57. The maximum atomic E-state index is 11.4.